The molecule has 162 valence electrons. The molecule has 0 saturated carbocycles. The van der Waals surface area contributed by atoms with Crippen LogP contribution < -0.4 is 15.5 Å². The maximum Gasteiger partial charge on any atom is 0.416 e. The Bertz CT molecular complexity index is 833. The molecule has 0 unspecified atom stereocenters. The summed E-state index contributed by atoms with van der Waals surface area (Å²) in [4.78, 5) is 11.2. The zero-order valence-corrected chi connectivity index (χ0v) is 16.9. The number of pyridine rings is 1. The maximum absolute atomic E-state index is 12.7. The van der Waals surface area contributed by atoms with Gasteiger partial charge in [-0.15, -0.1) is 0 Å². The molecule has 2 heterocycles. The topological polar surface area (TPSA) is 61.8 Å². The number of anilines is 1. The summed E-state index contributed by atoms with van der Waals surface area (Å²) in [6.45, 7) is 6.39. The van der Waals surface area contributed by atoms with Crippen LogP contribution in [0, 0.1) is 0 Å². The highest BCUT2D eigenvalue weighted by atomic mass is 19.4. The normalized spacial score (nSPS) is 15.2. The Kier molecular flexibility index (Phi) is 7.51. The molecule has 0 aliphatic carbocycles. The minimum Gasteiger partial charge on any atom is -0.378 e. The van der Waals surface area contributed by atoms with Gasteiger partial charge in [-0.25, -0.2) is 9.98 Å². The van der Waals surface area contributed by atoms with E-state index in [1.165, 1.54) is 12.1 Å². The first-order chi connectivity index (χ1) is 14.5. The molecule has 1 aromatic heterocycles. The van der Waals surface area contributed by atoms with Gasteiger partial charge in [0.05, 0.1) is 25.3 Å². The predicted molar refractivity (Wildman–Crippen MR) is 110 cm³/mol. The molecule has 0 spiro atoms. The number of hydrogen-bond acceptors (Lipinski definition) is 4. The van der Waals surface area contributed by atoms with Gasteiger partial charge in [-0.2, -0.15) is 13.2 Å². The van der Waals surface area contributed by atoms with Gasteiger partial charge in [-0.1, -0.05) is 18.2 Å². The van der Waals surface area contributed by atoms with Crippen LogP contribution in [0.25, 0.3) is 0 Å². The minimum absolute atomic E-state index is 0.275. The van der Waals surface area contributed by atoms with Gasteiger partial charge >= 0.3 is 6.18 Å². The number of ether oxygens (including phenoxy) is 1. The molecule has 0 amide bonds. The molecule has 1 fully saturated rings. The van der Waals surface area contributed by atoms with Crippen molar-refractivity contribution in [3.8, 4) is 0 Å². The molecule has 3 rings (SSSR count). The second-order valence-corrected chi connectivity index (χ2v) is 6.83. The fraction of sp³-hybridized carbons (Fsp3) is 0.429. The smallest absolute Gasteiger partial charge is 0.378 e. The first-order valence-electron chi connectivity index (χ1n) is 9.92. The molecule has 1 aliphatic heterocycles. The third-order valence-electron chi connectivity index (χ3n) is 4.67. The van der Waals surface area contributed by atoms with E-state index >= 15 is 0 Å². The summed E-state index contributed by atoms with van der Waals surface area (Å²) in [5.41, 5.74) is 1.09. The number of halogens is 3. The van der Waals surface area contributed by atoms with Gasteiger partial charge in [0, 0.05) is 37.9 Å². The number of alkyl halides is 3. The van der Waals surface area contributed by atoms with Crippen molar-refractivity contribution in [3.05, 3.63) is 59.3 Å². The van der Waals surface area contributed by atoms with Gasteiger partial charge in [0.1, 0.15) is 5.82 Å². The number of aromatic nitrogens is 1. The van der Waals surface area contributed by atoms with Gasteiger partial charge in [0.25, 0.3) is 0 Å². The number of morpholine rings is 1. The molecule has 30 heavy (non-hydrogen) atoms. The summed E-state index contributed by atoms with van der Waals surface area (Å²) in [5.74, 6) is 1.51. The van der Waals surface area contributed by atoms with Crippen LogP contribution in [0.15, 0.2) is 47.6 Å². The van der Waals surface area contributed by atoms with Crippen molar-refractivity contribution in [2.24, 2.45) is 4.99 Å². The lowest BCUT2D eigenvalue weighted by Gasteiger charge is -2.29. The fourth-order valence-electron chi connectivity index (χ4n) is 3.12. The fourth-order valence-corrected chi connectivity index (χ4v) is 3.12. The summed E-state index contributed by atoms with van der Waals surface area (Å²) in [6.07, 6.45) is -2.56. The Morgan fingerprint density at radius 2 is 1.87 bits per heavy atom. The molecule has 9 heteroatoms. The number of aliphatic imine (C=N–C) groups is 1. The van der Waals surface area contributed by atoms with Gasteiger partial charge in [-0.3, -0.25) is 0 Å². The van der Waals surface area contributed by atoms with E-state index in [4.69, 9.17) is 4.74 Å². The summed E-state index contributed by atoms with van der Waals surface area (Å²) in [5, 5.41) is 6.45. The van der Waals surface area contributed by atoms with Crippen LogP contribution in [0.3, 0.4) is 0 Å². The van der Waals surface area contributed by atoms with Crippen LogP contribution in [-0.2, 0) is 24.0 Å². The number of rotatable bonds is 6. The van der Waals surface area contributed by atoms with E-state index in [1.807, 2.05) is 19.1 Å². The lowest BCUT2D eigenvalue weighted by Crippen LogP contribution is -2.39. The highest BCUT2D eigenvalue weighted by Gasteiger charge is 2.29. The minimum atomic E-state index is -4.33. The van der Waals surface area contributed by atoms with Crippen LogP contribution in [0.4, 0.5) is 19.0 Å². The van der Waals surface area contributed by atoms with Crippen LogP contribution in [0.5, 0.6) is 0 Å². The highest BCUT2D eigenvalue weighted by molar-refractivity contribution is 5.79. The first-order valence-corrected chi connectivity index (χ1v) is 9.92. The quantitative estimate of drug-likeness (QED) is 0.554. The van der Waals surface area contributed by atoms with Gasteiger partial charge in [0.15, 0.2) is 5.96 Å². The van der Waals surface area contributed by atoms with Crippen molar-refractivity contribution >= 4 is 11.8 Å². The van der Waals surface area contributed by atoms with E-state index in [2.05, 4.69) is 25.5 Å². The second-order valence-electron chi connectivity index (χ2n) is 6.83. The number of guanidine groups is 1. The van der Waals surface area contributed by atoms with Gasteiger partial charge < -0.3 is 20.3 Å². The lowest BCUT2D eigenvalue weighted by molar-refractivity contribution is -0.137. The SMILES string of the molecule is CCNC(=NCc1ccc(C(F)(F)F)cc1)NCc1cccnc1N1CCOCC1. The van der Waals surface area contributed by atoms with E-state index in [0.29, 0.717) is 37.8 Å². The number of benzene rings is 1. The van der Waals surface area contributed by atoms with E-state index in [1.54, 1.807) is 6.20 Å². The van der Waals surface area contributed by atoms with Gasteiger partial charge in [0.2, 0.25) is 0 Å². The Balaban J connectivity index is 1.65. The Morgan fingerprint density at radius 1 is 1.13 bits per heavy atom. The standard InChI is InChI=1S/C21H26F3N5O/c1-2-25-20(27-14-16-5-7-18(8-6-16)21(22,23)24)28-15-17-4-3-9-26-19(17)29-10-12-30-13-11-29/h3-9H,2,10-15H2,1H3,(H2,25,27,28). The zero-order chi connectivity index (χ0) is 21.4. The van der Waals surface area contributed by atoms with Crippen molar-refractivity contribution in [3.63, 3.8) is 0 Å². The summed E-state index contributed by atoms with van der Waals surface area (Å²) < 4.78 is 43.5. The first kappa shape index (κ1) is 21.9. The molecule has 1 aromatic carbocycles. The average molecular weight is 421 g/mol. The number of nitrogens with zero attached hydrogens (tertiary/aromatic N) is 3. The number of nitrogens with one attached hydrogen (secondary N) is 2. The third-order valence-corrected chi connectivity index (χ3v) is 4.67. The molecule has 1 aliphatic rings. The molecule has 2 N–H and O–H groups in total. The molecule has 1 saturated heterocycles. The van der Waals surface area contributed by atoms with E-state index < -0.39 is 11.7 Å². The van der Waals surface area contributed by atoms with E-state index in [9.17, 15) is 13.2 Å². The monoisotopic (exact) mass is 421 g/mol. The van der Waals surface area contributed by atoms with Crippen LogP contribution in [0.1, 0.15) is 23.6 Å². The largest absolute Gasteiger partial charge is 0.416 e. The second kappa shape index (κ2) is 10.3. The third kappa shape index (κ3) is 6.09. The summed E-state index contributed by atoms with van der Waals surface area (Å²) in [6, 6.07) is 8.98. The van der Waals surface area contributed by atoms with Crippen molar-refractivity contribution < 1.29 is 17.9 Å². The molecule has 6 nitrogen and oxygen atoms in total. The highest BCUT2D eigenvalue weighted by Crippen LogP contribution is 2.29. The Labute approximate surface area is 174 Å². The van der Waals surface area contributed by atoms with Crippen molar-refractivity contribution in [1.29, 1.82) is 0 Å². The molecule has 0 radical (unpaired) electrons. The lowest BCUT2D eigenvalue weighted by atomic mass is 10.1. The molecule has 2 aromatic rings. The van der Waals surface area contributed by atoms with Crippen molar-refractivity contribution in [1.82, 2.24) is 15.6 Å². The number of hydrogen-bond donors (Lipinski definition) is 2. The summed E-state index contributed by atoms with van der Waals surface area (Å²) in [7, 11) is 0. The van der Waals surface area contributed by atoms with Gasteiger partial charge in [-0.05, 0) is 30.7 Å². The molecular weight excluding hydrogens is 395 g/mol. The molecule has 0 bridgehead atoms. The van der Waals surface area contributed by atoms with Crippen LogP contribution >= 0.6 is 0 Å². The maximum atomic E-state index is 12.7. The Hall–Kier alpha value is -2.81. The predicted octanol–water partition coefficient (Wildman–Crippen LogP) is 3.19. The van der Waals surface area contributed by atoms with Crippen molar-refractivity contribution in [2.45, 2.75) is 26.2 Å². The summed E-state index contributed by atoms with van der Waals surface area (Å²) >= 11 is 0. The van der Waals surface area contributed by atoms with E-state index in [0.717, 1.165) is 36.6 Å². The molecular formula is C21H26F3N5O. The molecule has 0 atom stereocenters. The van der Waals surface area contributed by atoms with Crippen molar-refractivity contribution in [2.75, 3.05) is 37.7 Å². The van der Waals surface area contributed by atoms with E-state index in [-0.39, 0.29) is 6.54 Å². The average Bonchev–Trinajstić information content (AvgIpc) is 2.76. The Morgan fingerprint density at radius 3 is 2.53 bits per heavy atom. The van der Waals surface area contributed by atoms with Crippen LogP contribution in [0.2, 0.25) is 0 Å². The zero-order valence-electron chi connectivity index (χ0n) is 16.9. The van der Waals surface area contributed by atoms with Crippen LogP contribution in [-0.4, -0.2) is 43.8 Å².